The number of methoxy groups -OCH3 is 1. The lowest BCUT2D eigenvalue weighted by Gasteiger charge is -2.21. The van der Waals surface area contributed by atoms with E-state index < -0.39 is 0 Å². The van der Waals surface area contributed by atoms with E-state index in [-0.39, 0.29) is 12.1 Å². The van der Waals surface area contributed by atoms with Crippen LogP contribution in [-0.4, -0.2) is 23.4 Å². The minimum atomic E-state index is -0.0343. The molecule has 20 heavy (non-hydrogen) atoms. The molecule has 0 bridgehead atoms. The van der Waals surface area contributed by atoms with E-state index in [1.165, 1.54) is 0 Å². The normalized spacial score (nSPS) is 12.9. The fourth-order valence-corrected chi connectivity index (χ4v) is 2.74. The van der Waals surface area contributed by atoms with E-state index in [9.17, 15) is 0 Å². The topological polar surface area (TPSA) is 52.2 Å². The summed E-state index contributed by atoms with van der Waals surface area (Å²) >= 11 is 3.45. The maximum Gasteiger partial charge on any atom is 0.174 e. The fourth-order valence-electron chi connectivity index (χ4n) is 2.27. The van der Waals surface area contributed by atoms with Crippen LogP contribution in [0.1, 0.15) is 44.1 Å². The van der Waals surface area contributed by atoms with E-state index in [4.69, 9.17) is 9.15 Å². The number of rotatable bonds is 6. The standard InChI is InChI=1S/C14H20BrN3O2/c1-5-16-12(10-6-7-20-14(10)15)13-11(19-4)8-17-18(13)9(2)3/h6-9,12,16H,5H2,1-4H3. The summed E-state index contributed by atoms with van der Waals surface area (Å²) in [6.07, 6.45) is 3.43. The van der Waals surface area contributed by atoms with Crippen molar-refractivity contribution in [2.24, 2.45) is 0 Å². The van der Waals surface area contributed by atoms with Crippen LogP contribution < -0.4 is 10.1 Å². The molecule has 2 aromatic heterocycles. The van der Waals surface area contributed by atoms with Crippen molar-refractivity contribution >= 4 is 15.9 Å². The molecule has 6 heteroatoms. The summed E-state index contributed by atoms with van der Waals surface area (Å²) in [4.78, 5) is 0. The molecule has 0 amide bonds. The van der Waals surface area contributed by atoms with Gasteiger partial charge in [0.15, 0.2) is 10.4 Å². The molecule has 2 aromatic rings. The lowest BCUT2D eigenvalue weighted by molar-refractivity contribution is 0.393. The molecule has 0 fully saturated rings. The maximum absolute atomic E-state index is 5.47. The molecule has 1 N–H and O–H groups in total. The van der Waals surface area contributed by atoms with Crippen molar-refractivity contribution in [1.82, 2.24) is 15.1 Å². The number of halogens is 1. The highest BCUT2D eigenvalue weighted by Crippen LogP contribution is 2.35. The van der Waals surface area contributed by atoms with Crippen LogP contribution in [0.2, 0.25) is 0 Å². The summed E-state index contributed by atoms with van der Waals surface area (Å²) in [5.41, 5.74) is 2.04. The predicted molar refractivity (Wildman–Crippen MR) is 81.1 cm³/mol. The third kappa shape index (κ3) is 2.76. The van der Waals surface area contributed by atoms with E-state index in [1.807, 2.05) is 10.7 Å². The molecule has 0 aliphatic rings. The number of ether oxygens (including phenoxy) is 1. The molecule has 0 saturated heterocycles. The summed E-state index contributed by atoms with van der Waals surface area (Å²) in [5.74, 6) is 0.776. The van der Waals surface area contributed by atoms with Crippen molar-refractivity contribution in [2.75, 3.05) is 13.7 Å². The van der Waals surface area contributed by atoms with Crippen LogP contribution in [0.4, 0.5) is 0 Å². The molecule has 0 saturated carbocycles. The highest BCUT2D eigenvalue weighted by molar-refractivity contribution is 9.10. The minimum Gasteiger partial charge on any atom is -0.493 e. The molecule has 0 spiro atoms. The van der Waals surface area contributed by atoms with Gasteiger partial charge in [0.2, 0.25) is 0 Å². The van der Waals surface area contributed by atoms with E-state index in [2.05, 4.69) is 47.1 Å². The van der Waals surface area contributed by atoms with E-state index >= 15 is 0 Å². The molecule has 110 valence electrons. The zero-order chi connectivity index (χ0) is 14.7. The smallest absolute Gasteiger partial charge is 0.174 e. The molecule has 0 aliphatic carbocycles. The maximum atomic E-state index is 5.47. The average molecular weight is 342 g/mol. The second kappa shape index (κ2) is 6.45. The summed E-state index contributed by atoms with van der Waals surface area (Å²) < 4.78 is 13.5. The largest absolute Gasteiger partial charge is 0.493 e. The number of aromatic nitrogens is 2. The highest BCUT2D eigenvalue weighted by atomic mass is 79.9. The van der Waals surface area contributed by atoms with Crippen LogP contribution >= 0.6 is 15.9 Å². The quantitative estimate of drug-likeness (QED) is 0.873. The van der Waals surface area contributed by atoms with Gasteiger partial charge >= 0.3 is 0 Å². The Morgan fingerprint density at radius 3 is 2.75 bits per heavy atom. The van der Waals surface area contributed by atoms with Gasteiger partial charge in [-0.1, -0.05) is 6.92 Å². The van der Waals surface area contributed by atoms with Crippen LogP contribution in [-0.2, 0) is 0 Å². The van der Waals surface area contributed by atoms with Crippen molar-refractivity contribution in [2.45, 2.75) is 32.9 Å². The van der Waals surface area contributed by atoms with Crippen LogP contribution in [0, 0.1) is 0 Å². The Morgan fingerprint density at radius 1 is 1.50 bits per heavy atom. The van der Waals surface area contributed by atoms with Crippen LogP contribution in [0.25, 0.3) is 0 Å². The number of nitrogens with one attached hydrogen (secondary N) is 1. The minimum absolute atomic E-state index is 0.0343. The molecule has 2 heterocycles. The van der Waals surface area contributed by atoms with Crippen molar-refractivity contribution in [3.8, 4) is 5.75 Å². The number of hydrogen-bond acceptors (Lipinski definition) is 4. The highest BCUT2D eigenvalue weighted by Gasteiger charge is 2.26. The molecule has 5 nitrogen and oxygen atoms in total. The number of furan rings is 1. The summed E-state index contributed by atoms with van der Waals surface area (Å²) in [7, 11) is 1.67. The number of hydrogen-bond donors (Lipinski definition) is 1. The van der Waals surface area contributed by atoms with Gasteiger partial charge in [-0.2, -0.15) is 5.10 Å². The molecular weight excluding hydrogens is 322 g/mol. The second-order valence-electron chi connectivity index (χ2n) is 4.78. The Morgan fingerprint density at radius 2 is 2.25 bits per heavy atom. The molecule has 0 aromatic carbocycles. The summed E-state index contributed by atoms with van der Waals surface area (Å²) in [6.45, 7) is 7.10. The van der Waals surface area contributed by atoms with Crippen molar-refractivity contribution in [1.29, 1.82) is 0 Å². The van der Waals surface area contributed by atoms with Crippen LogP contribution in [0.15, 0.2) is 27.6 Å². The summed E-state index contributed by atoms with van der Waals surface area (Å²) in [5, 5.41) is 7.90. The molecule has 0 radical (unpaired) electrons. The lowest BCUT2D eigenvalue weighted by Crippen LogP contribution is -2.26. The van der Waals surface area contributed by atoms with Crippen molar-refractivity contribution in [3.63, 3.8) is 0 Å². The first-order chi connectivity index (χ1) is 9.60. The van der Waals surface area contributed by atoms with Gasteiger partial charge in [0, 0.05) is 11.6 Å². The van der Waals surface area contributed by atoms with Crippen LogP contribution in [0.3, 0.4) is 0 Å². The first-order valence-corrected chi connectivity index (χ1v) is 7.47. The van der Waals surface area contributed by atoms with Crippen molar-refractivity contribution in [3.05, 3.63) is 34.5 Å². The second-order valence-corrected chi connectivity index (χ2v) is 5.50. The first kappa shape index (κ1) is 15.1. The monoisotopic (exact) mass is 341 g/mol. The van der Waals surface area contributed by atoms with Gasteiger partial charge in [0.25, 0.3) is 0 Å². The van der Waals surface area contributed by atoms with Gasteiger partial charge in [0.05, 0.1) is 25.6 Å². The van der Waals surface area contributed by atoms with E-state index in [0.717, 1.165) is 28.2 Å². The van der Waals surface area contributed by atoms with Crippen LogP contribution in [0.5, 0.6) is 5.75 Å². The Balaban J connectivity index is 2.54. The van der Waals surface area contributed by atoms with Gasteiger partial charge in [0.1, 0.15) is 5.69 Å². The molecule has 1 atom stereocenters. The van der Waals surface area contributed by atoms with E-state index in [0.29, 0.717) is 0 Å². The zero-order valence-electron chi connectivity index (χ0n) is 12.2. The van der Waals surface area contributed by atoms with Gasteiger partial charge in [-0.25, -0.2) is 0 Å². The first-order valence-electron chi connectivity index (χ1n) is 6.67. The van der Waals surface area contributed by atoms with Crippen molar-refractivity contribution < 1.29 is 9.15 Å². The van der Waals surface area contributed by atoms with E-state index in [1.54, 1.807) is 19.6 Å². The fraction of sp³-hybridized carbons (Fsp3) is 0.500. The Labute approximate surface area is 127 Å². The predicted octanol–water partition coefficient (Wildman–Crippen LogP) is 3.53. The SMILES string of the molecule is CCNC(c1ccoc1Br)c1c(OC)cnn1C(C)C. The Kier molecular flexibility index (Phi) is 4.88. The lowest BCUT2D eigenvalue weighted by atomic mass is 10.1. The van der Waals surface area contributed by atoms with Gasteiger partial charge < -0.3 is 14.5 Å². The average Bonchev–Trinajstić information content (AvgIpc) is 3.02. The molecule has 0 aliphatic heterocycles. The summed E-state index contributed by atoms with van der Waals surface area (Å²) in [6, 6.07) is 2.17. The Bertz CT molecular complexity index is 563. The third-order valence-corrected chi connectivity index (χ3v) is 3.79. The molecular formula is C14H20BrN3O2. The van der Waals surface area contributed by atoms with Gasteiger partial charge in [-0.05, 0) is 42.4 Å². The zero-order valence-corrected chi connectivity index (χ0v) is 13.8. The molecule has 2 rings (SSSR count). The third-order valence-electron chi connectivity index (χ3n) is 3.15. The van der Waals surface area contributed by atoms with Gasteiger partial charge in [-0.15, -0.1) is 0 Å². The molecule has 1 unspecified atom stereocenters. The van der Waals surface area contributed by atoms with Gasteiger partial charge in [-0.3, -0.25) is 4.68 Å². The Hall–Kier alpha value is -1.27. The number of nitrogens with zero attached hydrogens (tertiary/aromatic N) is 2.